The van der Waals surface area contributed by atoms with Crippen molar-refractivity contribution < 1.29 is 23.7 Å². The van der Waals surface area contributed by atoms with Gasteiger partial charge in [-0.3, -0.25) is 4.68 Å². The number of carbonyl (C=O) groups is 1. The maximum atomic E-state index is 12.4. The number of nitrogens with zero attached hydrogens (tertiary/aromatic N) is 7. The van der Waals surface area contributed by atoms with E-state index in [0.29, 0.717) is 43.6 Å². The number of likely N-dealkylation sites (tertiary alicyclic amines) is 1. The zero-order valence-electron chi connectivity index (χ0n) is 26.8. The quantitative estimate of drug-likeness (QED) is 0.197. The molecule has 12 nitrogen and oxygen atoms in total. The number of aromatic nitrogens is 6. The standard InChI is InChI=1S/C34H39N7O5/c1-34(2,3)46-33(42)39-12-10-27(11-13-39)41-20-26(18-38-41)25-15-28-32(36-17-25)40(22-37-28)19-23-6-8-29(30(14-23)43-4)45-21-24-7-9-31(44-5)35-16-24/h6-9,14-18,20,22,27H,10-13,19,21H2,1-5H3. The molecule has 4 aromatic heterocycles. The molecule has 1 amide bonds. The Morgan fingerprint density at radius 2 is 1.70 bits per heavy atom. The third-order valence-corrected chi connectivity index (χ3v) is 7.86. The van der Waals surface area contributed by atoms with Crippen molar-refractivity contribution >= 4 is 17.3 Å². The number of rotatable bonds is 9. The largest absolute Gasteiger partial charge is 0.493 e. The number of fused-ring (bicyclic) bond motifs is 1. The monoisotopic (exact) mass is 625 g/mol. The van der Waals surface area contributed by atoms with Gasteiger partial charge in [0.1, 0.15) is 17.7 Å². The summed E-state index contributed by atoms with van der Waals surface area (Å²) in [6, 6.07) is 11.9. The van der Waals surface area contributed by atoms with E-state index in [1.165, 1.54) is 0 Å². The number of benzene rings is 1. The van der Waals surface area contributed by atoms with Crippen molar-refractivity contribution in [2.24, 2.45) is 0 Å². The molecule has 1 fully saturated rings. The van der Waals surface area contributed by atoms with Crippen molar-refractivity contribution in [2.45, 2.75) is 58.4 Å². The third-order valence-electron chi connectivity index (χ3n) is 7.86. The van der Waals surface area contributed by atoms with E-state index in [4.69, 9.17) is 23.9 Å². The SMILES string of the molecule is COc1ccc(COc2ccc(Cn3cnc4cc(-c5cnn(C6CCN(C(=O)OC(C)(C)C)CC6)c5)cnc43)cc2OC)cn1. The van der Waals surface area contributed by atoms with Crippen LogP contribution in [0.15, 0.2) is 67.5 Å². The van der Waals surface area contributed by atoms with E-state index in [0.717, 1.165) is 46.3 Å². The molecule has 5 aromatic rings. The molecule has 1 aromatic carbocycles. The Labute approximate surface area is 267 Å². The van der Waals surface area contributed by atoms with Crippen molar-refractivity contribution in [3.63, 3.8) is 0 Å². The van der Waals surface area contributed by atoms with Gasteiger partial charge in [0, 0.05) is 54.4 Å². The van der Waals surface area contributed by atoms with E-state index in [1.54, 1.807) is 37.7 Å². The van der Waals surface area contributed by atoms with E-state index in [9.17, 15) is 4.79 Å². The molecule has 0 saturated carbocycles. The molecule has 1 saturated heterocycles. The Morgan fingerprint density at radius 3 is 2.41 bits per heavy atom. The van der Waals surface area contributed by atoms with Gasteiger partial charge in [0.25, 0.3) is 0 Å². The minimum absolute atomic E-state index is 0.219. The number of amides is 1. The molecule has 240 valence electrons. The number of pyridine rings is 2. The first-order valence-corrected chi connectivity index (χ1v) is 15.3. The molecule has 5 heterocycles. The smallest absolute Gasteiger partial charge is 0.410 e. The van der Waals surface area contributed by atoms with E-state index in [2.05, 4.69) is 21.3 Å². The number of piperidine rings is 1. The number of carbonyl (C=O) groups excluding carboxylic acids is 1. The molecule has 46 heavy (non-hydrogen) atoms. The van der Waals surface area contributed by atoms with Crippen LogP contribution in [-0.2, 0) is 17.9 Å². The summed E-state index contributed by atoms with van der Waals surface area (Å²) in [5, 5.41) is 4.65. The molecular weight excluding hydrogens is 586 g/mol. The molecule has 0 unspecified atom stereocenters. The van der Waals surface area contributed by atoms with Gasteiger partial charge in [0.2, 0.25) is 5.88 Å². The first-order chi connectivity index (χ1) is 22.2. The van der Waals surface area contributed by atoms with Gasteiger partial charge in [-0.25, -0.2) is 19.7 Å². The second-order valence-corrected chi connectivity index (χ2v) is 12.3. The lowest BCUT2D eigenvalue weighted by molar-refractivity contribution is 0.0184. The number of hydrogen-bond donors (Lipinski definition) is 0. The summed E-state index contributed by atoms with van der Waals surface area (Å²) in [6.07, 6.45) is 10.7. The van der Waals surface area contributed by atoms with Gasteiger partial charge in [0.05, 0.1) is 39.3 Å². The highest BCUT2D eigenvalue weighted by Crippen LogP contribution is 2.31. The Kier molecular flexibility index (Phi) is 8.78. The van der Waals surface area contributed by atoms with E-state index >= 15 is 0 Å². The summed E-state index contributed by atoms with van der Waals surface area (Å²) >= 11 is 0. The van der Waals surface area contributed by atoms with Crippen LogP contribution in [-0.4, -0.2) is 73.2 Å². The zero-order chi connectivity index (χ0) is 32.3. The Balaban J connectivity index is 1.09. The second kappa shape index (κ2) is 13.1. The lowest BCUT2D eigenvalue weighted by Crippen LogP contribution is -2.42. The molecule has 0 spiro atoms. The molecular formula is C34H39N7O5. The Hall–Kier alpha value is -5.13. The number of hydrogen-bond acceptors (Lipinski definition) is 9. The first-order valence-electron chi connectivity index (χ1n) is 15.3. The molecule has 0 bridgehead atoms. The first kappa shape index (κ1) is 30.9. The molecule has 0 aliphatic carbocycles. The molecule has 1 aliphatic heterocycles. The van der Waals surface area contributed by atoms with Gasteiger partial charge < -0.3 is 28.4 Å². The highest BCUT2D eigenvalue weighted by Gasteiger charge is 2.28. The minimum Gasteiger partial charge on any atom is -0.493 e. The minimum atomic E-state index is -0.498. The summed E-state index contributed by atoms with van der Waals surface area (Å²) in [7, 11) is 3.22. The normalized spacial score (nSPS) is 14.0. The van der Waals surface area contributed by atoms with Gasteiger partial charge in [-0.05, 0) is 63.4 Å². The summed E-state index contributed by atoms with van der Waals surface area (Å²) in [6.45, 7) is 7.87. The summed E-state index contributed by atoms with van der Waals surface area (Å²) < 4.78 is 26.3. The van der Waals surface area contributed by atoms with Crippen molar-refractivity contribution in [1.29, 1.82) is 0 Å². The fourth-order valence-corrected chi connectivity index (χ4v) is 5.45. The number of imidazole rings is 1. The third kappa shape index (κ3) is 7.06. The number of ether oxygens (including phenoxy) is 4. The van der Waals surface area contributed by atoms with Crippen LogP contribution in [0.3, 0.4) is 0 Å². The summed E-state index contributed by atoms with van der Waals surface area (Å²) in [5.74, 6) is 1.85. The Bertz CT molecular complexity index is 1800. The molecule has 12 heteroatoms. The van der Waals surface area contributed by atoms with Crippen molar-refractivity contribution in [2.75, 3.05) is 27.3 Å². The van der Waals surface area contributed by atoms with E-state index in [1.807, 2.05) is 72.7 Å². The number of methoxy groups -OCH3 is 2. The van der Waals surface area contributed by atoms with Gasteiger partial charge in [-0.1, -0.05) is 6.07 Å². The van der Waals surface area contributed by atoms with Crippen LogP contribution in [0.2, 0.25) is 0 Å². The van der Waals surface area contributed by atoms with Crippen molar-refractivity contribution in [3.05, 3.63) is 78.6 Å². The van der Waals surface area contributed by atoms with Gasteiger partial charge in [-0.15, -0.1) is 0 Å². The Morgan fingerprint density at radius 1 is 0.891 bits per heavy atom. The average Bonchev–Trinajstić information content (AvgIpc) is 3.71. The summed E-state index contributed by atoms with van der Waals surface area (Å²) in [4.78, 5) is 27.8. The lowest BCUT2D eigenvalue weighted by Gasteiger charge is -2.33. The summed E-state index contributed by atoms with van der Waals surface area (Å²) in [5.41, 5.74) is 4.97. The predicted molar refractivity (Wildman–Crippen MR) is 172 cm³/mol. The fraction of sp³-hybridized carbons (Fsp3) is 0.382. The van der Waals surface area contributed by atoms with Gasteiger partial charge in [0.15, 0.2) is 17.1 Å². The van der Waals surface area contributed by atoms with Crippen LogP contribution >= 0.6 is 0 Å². The molecule has 0 atom stereocenters. The highest BCUT2D eigenvalue weighted by molar-refractivity contribution is 5.78. The second-order valence-electron chi connectivity index (χ2n) is 12.3. The van der Waals surface area contributed by atoms with Crippen LogP contribution in [0.25, 0.3) is 22.3 Å². The van der Waals surface area contributed by atoms with E-state index < -0.39 is 5.60 Å². The average molecular weight is 626 g/mol. The topological polar surface area (TPSA) is 119 Å². The van der Waals surface area contributed by atoms with Crippen LogP contribution in [0.4, 0.5) is 4.79 Å². The van der Waals surface area contributed by atoms with Crippen LogP contribution in [0, 0.1) is 0 Å². The van der Waals surface area contributed by atoms with Crippen LogP contribution < -0.4 is 14.2 Å². The van der Waals surface area contributed by atoms with Crippen LogP contribution in [0.5, 0.6) is 17.4 Å². The molecule has 0 N–H and O–H groups in total. The van der Waals surface area contributed by atoms with Gasteiger partial charge >= 0.3 is 6.09 Å². The maximum absolute atomic E-state index is 12.4. The fourth-order valence-electron chi connectivity index (χ4n) is 5.45. The molecule has 1 aliphatic rings. The van der Waals surface area contributed by atoms with Gasteiger partial charge in [-0.2, -0.15) is 5.10 Å². The van der Waals surface area contributed by atoms with Crippen molar-refractivity contribution in [1.82, 2.24) is 34.2 Å². The zero-order valence-corrected chi connectivity index (χ0v) is 26.8. The molecule has 0 radical (unpaired) electrons. The highest BCUT2D eigenvalue weighted by atomic mass is 16.6. The van der Waals surface area contributed by atoms with Crippen molar-refractivity contribution in [3.8, 4) is 28.5 Å². The molecule has 6 rings (SSSR count). The van der Waals surface area contributed by atoms with Crippen LogP contribution in [0.1, 0.15) is 50.8 Å². The predicted octanol–water partition coefficient (Wildman–Crippen LogP) is 5.91. The lowest BCUT2D eigenvalue weighted by atomic mass is 10.1. The maximum Gasteiger partial charge on any atom is 0.410 e. The van der Waals surface area contributed by atoms with E-state index in [-0.39, 0.29) is 12.1 Å².